The normalized spacial score (nSPS) is 17.9. The number of hydrogen-bond acceptors (Lipinski definition) is 9. The Labute approximate surface area is 263 Å². The van der Waals surface area contributed by atoms with Gasteiger partial charge in [-0.25, -0.2) is 19.3 Å². The van der Waals surface area contributed by atoms with Gasteiger partial charge >= 0.3 is 6.09 Å². The molecule has 2 fully saturated rings. The predicted octanol–water partition coefficient (Wildman–Crippen LogP) is 3.86. The zero-order chi connectivity index (χ0) is 31.6. The molecule has 1 atom stereocenters. The molecule has 0 spiro atoms. The molecule has 6 heterocycles. The van der Waals surface area contributed by atoms with Gasteiger partial charge in [-0.05, 0) is 50.1 Å². The number of anilines is 1. The highest BCUT2D eigenvalue weighted by Gasteiger charge is 2.33. The number of ether oxygens (including phenoxy) is 2. The van der Waals surface area contributed by atoms with Gasteiger partial charge in [-0.1, -0.05) is 11.6 Å². The first-order valence-corrected chi connectivity index (χ1v) is 14.9. The lowest BCUT2D eigenvalue weighted by molar-refractivity contribution is -0.0412. The van der Waals surface area contributed by atoms with Crippen LogP contribution in [0.5, 0.6) is 5.75 Å². The average Bonchev–Trinajstić information content (AvgIpc) is 3.47. The summed E-state index contributed by atoms with van der Waals surface area (Å²) in [6, 6.07) is 11.3. The second kappa shape index (κ2) is 12.6. The van der Waals surface area contributed by atoms with Crippen LogP contribution in [0.2, 0.25) is 5.02 Å². The third kappa shape index (κ3) is 6.47. The topological polar surface area (TPSA) is 158 Å². The maximum Gasteiger partial charge on any atom is 0.407 e. The van der Waals surface area contributed by atoms with Crippen molar-refractivity contribution in [3.8, 4) is 22.9 Å². The first kappa shape index (κ1) is 30.1. The van der Waals surface area contributed by atoms with Crippen LogP contribution >= 0.6 is 11.6 Å². The third-order valence-electron chi connectivity index (χ3n) is 8.19. The smallest absolute Gasteiger partial charge is 0.407 e. The molecule has 0 unspecified atom stereocenters. The first-order valence-electron chi connectivity index (χ1n) is 14.5. The minimum atomic E-state index is -0.986. The molecule has 14 heteroatoms. The molecule has 2 N–H and O–H groups in total. The second-order valence-corrected chi connectivity index (χ2v) is 11.7. The Hall–Kier alpha value is -4.93. The third-order valence-corrected chi connectivity index (χ3v) is 8.50. The van der Waals surface area contributed by atoms with E-state index in [1.54, 1.807) is 35.2 Å². The van der Waals surface area contributed by atoms with Gasteiger partial charge in [0.1, 0.15) is 36.0 Å². The van der Waals surface area contributed by atoms with Crippen molar-refractivity contribution in [2.75, 3.05) is 44.3 Å². The molecule has 0 bridgehead atoms. The Balaban J connectivity index is 1.15. The summed E-state index contributed by atoms with van der Waals surface area (Å²) in [6.07, 6.45) is 6.53. The molecule has 232 valence electrons. The highest BCUT2D eigenvalue weighted by Crippen LogP contribution is 2.32. The van der Waals surface area contributed by atoms with E-state index in [9.17, 15) is 20.0 Å². The Bertz CT molecular complexity index is 1760. The minimum Gasteiger partial charge on any atom is -0.489 e. The number of amides is 2. The van der Waals surface area contributed by atoms with E-state index in [4.69, 9.17) is 26.1 Å². The number of fused-ring (bicyclic) bond motifs is 1. The number of carboxylic acid groups (broad SMARTS) is 1. The number of nitrogens with one attached hydrogen (secondary N) is 1. The minimum absolute atomic E-state index is 0.154. The van der Waals surface area contributed by atoms with Crippen LogP contribution in [0, 0.1) is 11.3 Å². The zero-order valence-electron chi connectivity index (χ0n) is 24.5. The quantitative estimate of drug-likeness (QED) is 0.307. The zero-order valence-corrected chi connectivity index (χ0v) is 25.3. The number of nitrogens with zero attached hydrogens (tertiary/aromatic N) is 7. The van der Waals surface area contributed by atoms with Gasteiger partial charge in [0.25, 0.3) is 5.91 Å². The van der Waals surface area contributed by atoms with Crippen molar-refractivity contribution >= 4 is 34.9 Å². The van der Waals surface area contributed by atoms with Gasteiger partial charge in [-0.3, -0.25) is 4.79 Å². The number of carbonyl (C=O) groups excluding carboxylic acids is 1. The van der Waals surface area contributed by atoms with Crippen molar-refractivity contribution in [3.63, 3.8) is 0 Å². The molecule has 6 rings (SSSR count). The molecular weight excluding hydrogens is 600 g/mol. The molecule has 45 heavy (non-hydrogen) atoms. The molecular formula is C31H31ClN8O5. The van der Waals surface area contributed by atoms with Crippen molar-refractivity contribution in [1.29, 1.82) is 5.26 Å². The Morgan fingerprint density at radius 1 is 1.22 bits per heavy atom. The van der Waals surface area contributed by atoms with Gasteiger partial charge in [0.2, 0.25) is 0 Å². The van der Waals surface area contributed by atoms with Crippen LogP contribution in [-0.2, 0) is 4.74 Å². The molecule has 2 amide bonds. The number of aromatic nitrogens is 4. The largest absolute Gasteiger partial charge is 0.489 e. The molecule has 4 aromatic heterocycles. The van der Waals surface area contributed by atoms with Gasteiger partial charge in [0, 0.05) is 48.7 Å². The van der Waals surface area contributed by atoms with Crippen LogP contribution in [-0.4, -0.2) is 92.6 Å². The van der Waals surface area contributed by atoms with Crippen LogP contribution in [0.15, 0.2) is 55.1 Å². The fourth-order valence-corrected chi connectivity index (χ4v) is 5.84. The van der Waals surface area contributed by atoms with Crippen LogP contribution in [0.4, 0.5) is 10.6 Å². The maximum atomic E-state index is 12.8. The van der Waals surface area contributed by atoms with E-state index in [1.165, 1.54) is 11.1 Å². The lowest BCUT2D eigenvalue weighted by atomic mass is 9.89. The second-order valence-electron chi connectivity index (χ2n) is 11.3. The molecule has 0 aliphatic carbocycles. The van der Waals surface area contributed by atoms with Gasteiger partial charge in [0.05, 0.1) is 41.6 Å². The molecule has 2 aliphatic heterocycles. The molecule has 2 aliphatic rings. The van der Waals surface area contributed by atoms with Crippen molar-refractivity contribution in [2.24, 2.45) is 0 Å². The SMILES string of the molecule is CC1(NC(=O)c2ncccc2Cl)CCN(c2ccc(-c3cc(OC[C@@H]4CN(C(=O)O)CCO4)cn4ncc(C#N)c34)cn2)CC1. The van der Waals surface area contributed by atoms with Crippen LogP contribution in [0.3, 0.4) is 0 Å². The monoisotopic (exact) mass is 630 g/mol. The van der Waals surface area contributed by atoms with Crippen molar-refractivity contribution < 1.29 is 24.2 Å². The Morgan fingerprint density at radius 2 is 2.04 bits per heavy atom. The van der Waals surface area contributed by atoms with Crippen molar-refractivity contribution in [2.45, 2.75) is 31.4 Å². The summed E-state index contributed by atoms with van der Waals surface area (Å²) in [5.41, 5.74) is 2.34. The standard InChI is InChI=1S/C31H31ClN8O5/c1-31(37-29(41)27-25(32)3-2-8-34-27)6-9-38(10-7-31)26-5-4-20(15-35-26)24-13-22(18-40-28(24)21(14-33)16-36-40)45-19-23-17-39(30(42)43)11-12-44-23/h2-5,8,13,15-16,18,23H,6-7,9-12,17,19H2,1H3,(H,37,41)(H,42,43)/t23-/m0/s1. The van der Waals surface area contributed by atoms with Crippen LogP contribution < -0.4 is 15.0 Å². The number of hydrogen-bond donors (Lipinski definition) is 2. The van der Waals surface area contributed by atoms with Crippen LogP contribution in [0.1, 0.15) is 35.8 Å². The van der Waals surface area contributed by atoms with Crippen molar-refractivity contribution in [1.82, 2.24) is 29.8 Å². The van der Waals surface area contributed by atoms with E-state index < -0.39 is 17.7 Å². The van der Waals surface area contributed by atoms with Crippen molar-refractivity contribution in [3.05, 3.63) is 71.4 Å². The lowest BCUT2D eigenvalue weighted by Crippen LogP contribution is -2.53. The van der Waals surface area contributed by atoms with E-state index in [0.29, 0.717) is 60.9 Å². The van der Waals surface area contributed by atoms with E-state index in [-0.39, 0.29) is 24.8 Å². The highest BCUT2D eigenvalue weighted by atomic mass is 35.5. The molecule has 0 aromatic carbocycles. The first-order chi connectivity index (χ1) is 21.7. The fourth-order valence-electron chi connectivity index (χ4n) is 5.63. The fraction of sp³-hybridized carbons (Fsp3) is 0.355. The number of morpholine rings is 1. The molecule has 13 nitrogen and oxygen atoms in total. The number of rotatable bonds is 7. The maximum absolute atomic E-state index is 12.8. The Morgan fingerprint density at radius 3 is 2.76 bits per heavy atom. The van der Waals surface area contributed by atoms with E-state index >= 15 is 0 Å². The molecule has 0 saturated carbocycles. The molecule has 0 radical (unpaired) electrons. The summed E-state index contributed by atoms with van der Waals surface area (Å²) >= 11 is 6.16. The van der Waals surface area contributed by atoms with E-state index in [2.05, 4.69) is 26.4 Å². The Kier molecular flexibility index (Phi) is 8.42. The summed E-state index contributed by atoms with van der Waals surface area (Å²) < 4.78 is 13.3. The summed E-state index contributed by atoms with van der Waals surface area (Å²) in [6.45, 7) is 4.41. The molecule has 4 aromatic rings. The predicted molar refractivity (Wildman–Crippen MR) is 165 cm³/mol. The summed E-state index contributed by atoms with van der Waals surface area (Å²) in [5.74, 6) is 1.01. The number of pyridine rings is 3. The molecule has 2 saturated heterocycles. The van der Waals surface area contributed by atoms with Gasteiger partial charge < -0.3 is 29.7 Å². The van der Waals surface area contributed by atoms with Gasteiger partial charge in [-0.2, -0.15) is 10.4 Å². The lowest BCUT2D eigenvalue weighted by Gasteiger charge is -2.40. The summed E-state index contributed by atoms with van der Waals surface area (Å²) in [4.78, 5) is 36.5. The number of piperidine rings is 1. The number of halogens is 1. The van der Waals surface area contributed by atoms with Gasteiger partial charge in [0.15, 0.2) is 0 Å². The summed E-state index contributed by atoms with van der Waals surface area (Å²) in [5, 5.41) is 26.8. The van der Waals surface area contributed by atoms with E-state index in [1.807, 2.05) is 25.1 Å². The van der Waals surface area contributed by atoms with E-state index in [0.717, 1.165) is 16.9 Å². The average molecular weight is 631 g/mol. The number of carbonyl (C=O) groups is 2. The number of nitriles is 1. The highest BCUT2D eigenvalue weighted by molar-refractivity contribution is 6.33. The van der Waals surface area contributed by atoms with Crippen LogP contribution in [0.25, 0.3) is 16.6 Å². The van der Waals surface area contributed by atoms with Gasteiger partial charge in [-0.15, -0.1) is 0 Å². The summed E-state index contributed by atoms with van der Waals surface area (Å²) in [7, 11) is 0.